The molecule has 0 aromatic carbocycles. The molecule has 0 aliphatic rings. The quantitative estimate of drug-likeness (QED) is 0.0446. The SMILES string of the molecule is CCC[CH2][Sn]([O]C(=O)CCCCCCCCCCCCCCC(C)C)([O]C(=O)CCCCCCCCCCCCCCC(C)C)[O]C(=O)CCCCCCCCCCCCCCC(C)C. The molecule has 0 aromatic rings. The van der Waals surface area contributed by atoms with Crippen LogP contribution in [0.1, 0.15) is 331 Å². The van der Waals surface area contributed by atoms with E-state index in [9.17, 15) is 14.4 Å². The predicted molar refractivity (Wildman–Crippen MR) is 282 cm³/mol. The molecule has 6 nitrogen and oxygen atoms in total. The summed E-state index contributed by atoms with van der Waals surface area (Å²) in [5.41, 5.74) is 0. The molecule has 0 fully saturated rings. The predicted octanol–water partition coefficient (Wildman–Crippen LogP) is 19.7. The molecular weight excluding hydrogens is 911 g/mol. The van der Waals surface area contributed by atoms with Gasteiger partial charge in [-0.15, -0.1) is 0 Å². The van der Waals surface area contributed by atoms with Crippen LogP contribution in [-0.4, -0.2) is 37.5 Å². The van der Waals surface area contributed by atoms with Gasteiger partial charge in [0.1, 0.15) is 0 Å². The van der Waals surface area contributed by atoms with Gasteiger partial charge in [-0.3, -0.25) is 0 Å². The zero-order chi connectivity index (χ0) is 47.9. The van der Waals surface area contributed by atoms with E-state index in [1.54, 1.807) is 0 Å². The Morgan fingerprint density at radius 2 is 0.477 bits per heavy atom. The van der Waals surface area contributed by atoms with Crippen LogP contribution in [0.4, 0.5) is 0 Å². The van der Waals surface area contributed by atoms with Gasteiger partial charge in [0.25, 0.3) is 0 Å². The third-order valence-electron chi connectivity index (χ3n) is 13.4. The summed E-state index contributed by atoms with van der Waals surface area (Å²) in [7, 11) is 0. The van der Waals surface area contributed by atoms with Gasteiger partial charge in [0.05, 0.1) is 0 Å². The summed E-state index contributed by atoms with van der Waals surface area (Å²) in [5.74, 6) is 1.41. The van der Waals surface area contributed by atoms with Gasteiger partial charge in [0, 0.05) is 0 Å². The van der Waals surface area contributed by atoms with Gasteiger partial charge in [0.15, 0.2) is 0 Å². The Hall–Kier alpha value is -0.791. The molecule has 0 bridgehead atoms. The average molecular weight is 1030 g/mol. The Morgan fingerprint density at radius 3 is 0.662 bits per heavy atom. The van der Waals surface area contributed by atoms with E-state index in [0.29, 0.717) is 10.9 Å². The Morgan fingerprint density at radius 1 is 0.292 bits per heavy atom. The van der Waals surface area contributed by atoms with Crippen LogP contribution >= 0.6 is 0 Å². The second-order valence-electron chi connectivity index (χ2n) is 21.7. The molecule has 0 saturated carbocycles. The van der Waals surface area contributed by atoms with Crippen molar-refractivity contribution >= 4 is 37.5 Å². The summed E-state index contributed by atoms with van der Waals surface area (Å²) in [6.45, 7) is 16.0. The third-order valence-corrected chi connectivity index (χ3v) is 20.8. The summed E-state index contributed by atoms with van der Waals surface area (Å²) >= 11 is -4.86. The van der Waals surface area contributed by atoms with E-state index in [2.05, 4.69) is 48.5 Å². The van der Waals surface area contributed by atoms with Crippen molar-refractivity contribution in [1.82, 2.24) is 0 Å². The minimum absolute atomic E-state index is 0.285. The molecule has 0 radical (unpaired) electrons. The van der Waals surface area contributed by atoms with Crippen LogP contribution in [0.15, 0.2) is 0 Å². The van der Waals surface area contributed by atoms with Crippen LogP contribution in [0.3, 0.4) is 0 Å². The molecule has 0 heterocycles. The summed E-state index contributed by atoms with van der Waals surface area (Å²) in [6.07, 6.45) is 51.0. The van der Waals surface area contributed by atoms with Gasteiger partial charge in [-0.25, -0.2) is 0 Å². The summed E-state index contributed by atoms with van der Waals surface area (Å²) in [6, 6.07) is 0. The maximum absolute atomic E-state index is 13.4. The first-order valence-corrected chi connectivity index (χ1v) is 34.7. The van der Waals surface area contributed by atoms with Gasteiger partial charge in [0.2, 0.25) is 0 Å². The summed E-state index contributed by atoms with van der Waals surface area (Å²) in [5, 5.41) is 0. The normalized spacial score (nSPS) is 11.9. The topological polar surface area (TPSA) is 78.9 Å². The smallest absolute Gasteiger partial charge is 0.0628 e. The van der Waals surface area contributed by atoms with Crippen molar-refractivity contribution in [3.63, 3.8) is 0 Å². The van der Waals surface area contributed by atoms with Crippen LogP contribution in [0.2, 0.25) is 4.44 Å². The molecule has 0 N–H and O–H groups in total. The van der Waals surface area contributed by atoms with Crippen LogP contribution in [0.25, 0.3) is 0 Å². The first kappa shape index (κ1) is 64.2. The molecule has 0 aliphatic heterocycles. The molecule has 0 amide bonds. The third kappa shape index (κ3) is 48.0. The standard InChI is InChI=1S/3C18H36O2.C4H9.Sn/c3*1-17(2)15-13-11-9-7-5-3-4-6-8-10-12-14-16-18(19)20;1-3-4-2;/h3*17H,3-16H2,1-2H3,(H,19,20);1,3-4H2,2H3;/q;;;;+3/p-3. The van der Waals surface area contributed by atoms with Crippen molar-refractivity contribution in [1.29, 1.82) is 0 Å². The number of rotatable bonds is 51. The van der Waals surface area contributed by atoms with Crippen LogP contribution in [-0.2, 0) is 23.6 Å². The molecule has 0 spiro atoms. The molecule has 0 unspecified atom stereocenters. The summed E-state index contributed by atoms with van der Waals surface area (Å²) < 4.78 is 18.8. The fraction of sp³-hybridized carbons (Fsp3) is 0.948. The number of carbonyl (C=O) groups is 3. The molecule has 0 aliphatic carbocycles. The van der Waals surface area contributed by atoms with Crippen molar-refractivity contribution in [2.45, 2.75) is 335 Å². The number of hydrogen-bond donors (Lipinski definition) is 0. The van der Waals surface area contributed by atoms with Gasteiger partial charge < -0.3 is 0 Å². The molecule has 386 valence electrons. The monoisotopic (exact) mass is 1030 g/mol. The van der Waals surface area contributed by atoms with Crippen molar-refractivity contribution in [3.8, 4) is 0 Å². The van der Waals surface area contributed by atoms with E-state index in [4.69, 9.17) is 9.22 Å². The van der Waals surface area contributed by atoms with E-state index < -0.39 is 19.6 Å². The Balaban J connectivity index is 4.79. The van der Waals surface area contributed by atoms with E-state index in [0.717, 1.165) is 82.0 Å². The van der Waals surface area contributed by atoms with Crippen LogP contribution in [0.5, 0.6) is 0 Å². The van der Waals surface area contributed by atoms with E-state index in [1.807, 2.05) is 0 Å². The molecule has 0 aromatic heterocycles. The minimum atomic E-state index is -4.86. The number of carbonyl (C=O) groups excluding carboxylic acids is 3. The second-order valence-corrected chi connectivity index (χ2v) is 28.8. The first-order valence-electron chi connectivity index (χ1n) is 29.1. The fourth-order valence-corrected chi connectivity index (χ4v) is 16.4. The van der Waals surface area contributed by atoms with Gasteiger partial charge in [-0.1, -0.05) is 119 Å². The molecule has 7 heteroatoms. The van der Waals surface area contributed by atoms with Crippen LogP contribution in [0, 0.1) is 17.8 Å². The zero-order valence-electron chi connectivity index (χ0n) is 45.0. The van der Waals surface area contributed by atoms with Crippen molar-refractivity contribution in [2.24, 2.45) is 17.8 Å². The fourth-order valence-electron chi connectivity index (χ4n) is 9.05. The van der Waals surface area contributed by atoms with Crippen LogP contribution < -0.4 is 0 Å². The van der Waals surface area contributed by atoms with Crippen molar-refractivity contribution in [3.05, 3.63) is 0 Å². The van der Waals surface area contributed by atoms with Crippen molar-refractivity contribution < 1.29 is 23.6 Å². The minimum Gasteiger partial charge on any atom is -0.0628 e. The Bertz CT molecular complexity index is 922. The molecule has 0 saturated heterocycles. The molecule has 0 atom stereocenters. The molecule has 65 heavy (non-hydrogen) atoms. The van der Waals surface area contributed by atoms with E-state index >= 15 is 0 Å². The first-order chi connectivity index (χ1) is 31.5. The van der Waals surface area contributed by atoms with E-state index in [1.165, 1.54) is 193 Å². The zero-order valence-corrected chi connectivity index (χ0v) is 47.9. The van der Waals surface area contributed by atoms with Crippen molar-refractivity contribution in [2.75, 3.05) is 0 Å². The number of hydrogen-bond acceptors (Lipinski definition) is 6. The Kier molecular flexibility index (Phi) is 47.7. The average Bonchev–Trinajstić information content (AvgIpc) is 3.25. The summed E-state index contributed by atoms with van der Waals surface area (Å²) in [4.78, 5) is 40.1. The Labute approximate surface area is 412 Å². The molecular formula is C58H114O6Sn. The maximum atomic E-state index is 13.4. The van der Waals surface area contributed by atoms with Gasteiger partial charge >= 0.3 is 278 Å². The van der Waals surface area contributed by atoms with E-state index in [-0.39, 0.29) is 37.2 Å². The van der Waals surface area contributed by atoms with Gasteiger partial charge in [-0.2, -0.15) is 0 Å². The second kappa shape index (κ2) is 48.2. The van der Waals surface area contributed by atoms with Gasteiger partial charge in [-0.05, 0) is 17.8 Å². The molecule has 0 rings (SSSR count). The number of unbranched alkanes of at least 4 members (excludes halogenated alkanes) is 34.